The van der Waals surface area contributed by atoms with Crippen molar-refractivity contribution in [2.45, 2.75) is 44.9 Å². The zero-order chi connectivity index (χ0) is 26.9. The number of carbonyl (C=O) groups is 2. The number of nitrogens with one attached hydrogen (secondary N) is 1. The second-order valence-corrected chi connectivity index (χ2v) is 11.2. The van der Waals surface area contributed by atoms with Crippen LogP contribution in [-0.4, -0.2) is 90.9 Å². The van der Waals surface area contributed by atoms with Crippen LogP contribution in [0, 0.1) is 11.3 Å². The molecule has 1 spiro atoms. The largest absolute Gasteiger partial charge is 0.491 e. The van der Waals surface area contributed by atoms with E-state index in [1.165, 1.54) is 5.56 Å². The zero-order valence-electron chi connectivity index (χ0n) is 22.9. The number of hydrogen-bond donors (Lipinski definition) is 1. The van der Waals surface area contributed by atoms with Crippen LogP contribution in [0.25, 0.3) is 0 Å². The standard InChI is InChI=1S/C30H41N5O4/c36-28(35-17-19-38-23-24(21-35)20-26-8-5-13-32-33-26)22-34-15-11-30(12-16-34)10-4-3-7-25-6-1-2-9-27(25)39-18-14-31-29(30)37/h1-2,5-6,8-9,13,24H,3-4,7,10-12,14-23H2,(H,31,37). The van der Waals surface area contributed by atoms with Gasteiger partial charge in [-0.2, -0.15) is 10.2 Å². The average Bonchev–Trinajstić information content (AvgIpc) is 3.20. The van der Waals surface area contributed by atoms with Gasteiger partial charge in [0.05, 0.1) is 37.4 Å². The van der Waals surface area contributed by atoms with Crippen LogP contribution in [0.1, 0.15) is 43.4 Å². The van der Waals surface area contributed by atoms with E-state index in [9.17, 15) is 9.59 Å². The van der Waals surface area contributed by atoms with Crippen LogP contribution >= 0.6 is 0 Å². The second kappa shape index (κ2) is 13.3. The van der Waals surface area contributed by atoms with E-state index in [0.717, 1.165) is 69.5 Å². The van der Waals surface area contributed by atoms with Crippen LogP contribution in [0.5, 0.6) is 5.75 Å². The summed E-state index contributed by atoms with van der Waals surface area (Å²) in [5.41, 5.74) is 1.80. The third kappa shape index (κ3) is 7.33. The molecule has 4 heterocycles. The Bertz CT molecular complexity index is 1090. The number of rotatable bonds is 4. The number of para-hydroxylation sites is 1. The number of amides is 2. The highest BCUT2D eigenvalue weighted by atomic mass is 16.5. The molecule has 1 aromatic carbocycles. The molecule has 0 aliphatic carbocycles. The summed E-state index contributed by atoms with van der Waals surface area (Å²) in [7, 11) is 0. The first-order valence-corrected chi connectivity index (χ1v) is 14.4. The van der Waals surface area contributed by atoms with E-state index in [4.69, 9.17) is 9.47 Å². The molecule has 3 aliphatic rings. The molecule has 1 unspecified atom stereocenters. The third-order valence-corrected chi connectivity index (χ3v) is 8.44. The van der Waals surface area contributed by atoms with E-state index >= 15 is 0 Å². The Balaban J connectivity index is 1.14. The van der Waals surface area contributed by atoms with Crippen LogP contribution < -0.4 is 10.1 Å². The van der Waals surface area contributed by atoms with Gasteiger partial charge < -0.3 is 19.7 Å². The Morgan fingerprint density at radius 3 is 2.77 bits per heavy atom. The van der Waals surface area contributed by atoms with Gasteiger partial charge in [-0.25, -0.2) is 0 Å². The van der Waals surface area contributed by atoms with Crippen molar-refractivity contribution < 1.29 is 19.1 Å². The summed E-state index contributed by atoms with van der Waals surface area (Å²) in [6.45, 7) is 5.33. The van der Waals surface area contributed by atoms with E-state index in [-0.39, 0.29) is 23.1 Å². The number of benzene rings is 1. The molecule has 39 heavy (non-hydrogen) atoms. The molecule has 2 fully saturated rings. The normalized spacial score (nSPS) is 22.9. The van der Waals surface area contributed by atoms with Gasteiger partial charge in [-0.15, -0.1) is 0 Å². The number of carbonyl (C=O) groups excluding carboxylic acids is 2. The molecule has 9 nitrogen and oxygen atoms in total. The predicted molar refractivity (Wildman–Crippen MR) is 147 cm³/mol. The second-order valence-electron chi connectivity index (χ2n) is 11.2. The number of aromatic nitrogens is 2. The van der Waals surface area contributed by atoms with Crippen LogP contribution in [0.3, 0.4) is 0 Å². The number of likely N-dealkylation sites (tertiary alicyclic amines) is 1. The summed E-state index contributed by atoms with van der Waals surface area (Å²) in [6, 6.07) is 12.1. The van der Waals surface area contributed by atoms with Gasteiger partial charge in [-0.3, -0.25) is 14.5 Å². The summed E-state index contributed by atoms with van der Waals surface area (Å²) in [4.78, 5) is 30.8. The zero-order valence-corrected chi connectivity index (χ0v) is 22.9. The van der Waals surface area contributed by atoms with Gasteiger partial charge in [0, 0.05) is 25.2 Å². The molecule has 1 atom stereocenters. The number of aryl methyl sites for hydroxylation is 1. The molecule has 210 valence electrons. The molecular weight excluding hydrogens is 494 g/mol. The maximum Gasteiger partial charge on any atom is 0.236 e. The van der Waals surface area contributed by atoms with Crippen LogP contribution in [0.4, 0.5) is 0 Å². The lowest BCUT2D eigenvalue weighted by Crippen LogP contribution is -2.51. The lowest BCUT2D eigenvalue weighted by Gasteiger charge is -2.41. The fourth-order valence-electron chi connectivity index (χ4n) is 6.13. The minimum Gasteiger partial charge on any atom is -0.491 e. The smallest absolute Gasteiger partial charge is 0.236 e. The Morgan fingerprint density at radius 1 is 1.05 bits per heavy atom. The minimum absolute atomic E-state index is 0.138. The van der Waals surface area contributed by atoms with Gasteiger partial charge in [0.15, 0.2) is 0 Å². The highest BCUT2D eigenvalue weighted by Gasteiger charge is 2.41. The fraction of sp³-hybridized carbons (Fsp3) is 0.600. The summed E-state index contributed by atoms with van der Waals surface area (Å²) >= 11 is 0. The summed E-state index contributed by atoms with van der Waals surface area (Å²) < 4.78 is 11.8. The topological polar surface area (TPSA) is 96.9 Å². The summed E-state index contributed by atoms with van der Waals surface area (Å²) in [6.07, 6.45) is 7.86. The van der Waals surface area contributed by atoms with Crippen molar-refractivity contribution in [3.63, 3.8) is 0 Å². The Kier molecular flexibility index (Phi) is 9.42. The Morgan fingerprint density at radius 2 is 1.92 bits per heavy atom. The summed E-state index contributed by atoms with van der Waals surface area (Å²) in [5.74, 6) is 1.41. The third-order valence-electron chi connectivity index (χ3n) is 8.44. The van der Waals surface area contributed by atoms with Gasteiger partial charge in [0.1, 0.15) is 12.4 Å². The van der Waals surface area contributed by atoms with Gasteiger partial charge in [-0.05, 0) is 75.4 Å². The highest BCUT2D eigenvalue weighted by molar-refractivity contribution is 5.83. The number of hydrogen-bond acceptors (Lipinski definition) is 7. The van der Waals surface area contributed by atoms with Crippen molar-refractivity contribution in [2.75, 3.05) is 59.1 Å². The maximum absolute atomic E-state index is 13.4. The minimum atomic E-state index is -0.365. The Labute approximate surface area is 231 Å². The first kappa shape index (κ1) is 27.5. The van der Waals surface area contributed by atoms with Gasteiger partial charge in [-0.1, -0.05) is 24.6 Å². The van der Waals surface area contributed by atoms with Crippen molar-refractivity contribution in [3.8, 4) is 5.75 Å². The van der Waals surface area contributed by atoms with Crippen LogP contribution in [0.2, 0.25) is 0 Å². The van der Waals surface area contributed by atoms with E-state index in [0.29, 0.717) is 46.0 Å². The number of piperidine rings is 1. The molecule has 0 radical (unpaired) electrons. The summed E-state index contributed by atoms with van der Waals surface area (Å²) in [5, 5.41) is 11.3. The van der Waals surface area contributed by atoms with Gasteiger partial charge in [0.2, 0.25) is 11.8 Å². The fourth-order valence-corrected chi connectivity index (χ4v) is 6.13. The number of fused-ring (bicyclic) bond motifs is 1. The molecule has 1 aromatic heterocycles. The molecule has 5 rings (SSSR count). The molecule has 2 amide bonds. The molecule has 2 aromatic rings. The van der Waals surface area contributed by atoms with Crippen molar-refractivity contribution in [3.05, 3.63) is 53.9 Å². The van der Waals surface area contributed by atoms with Crippen LogP contribution in [-0.2, 0) is 27.2 Å². The van der Waals surface area contributed by atoms with E-state index in [2.05, 4.69) is 32.5 Å². The lowest BCUT2D eigenvalue weighted by molar-refractivity contribution is -0.136. The average molecular weight is 536 g/mol. The predicted octanol–water partition coefficient (Wildman–Crippen LogP) is 2.50. The van der Waals surface area contributed by atoms with Crippen molar-refractivity contribution in [2.24, 2.45) is 11.3 Å². The Hall–Kier alpha value is -3.04. The molecular formula is C30H41N5O4. The van der Waals surface area contributed by atoms with Crippen molar-refractivity contribution in [1.29, 1.82) is 0 Å². The van der Waals surface area contributed by atoms with Gasteiger partial charge in [0.25, 0.3) is 0 Å². The molecule has 0 saturated carbocycles. The first-order chi connectivity index (χ1) is 19.1. The molecule has 1 N–H and O–H groups in total. The van der Waals surface area contributed by atoms with Crippen molar-refractivity contribution in [1.82, 2.24) is 25.3 Å². The molecule has 2 saturated heterocycles. The maximum atomic E-state index is 13.4. The van der Waals surface area contributed by atoms with E-state index in [1.807, 2.05) is 29.2 Å². The van der Waals surface area contributed by atoms with E-state index in [1.54, 1.807) is 6.20 Å². The van der Waals surface area contributed by atoms with Crippen LogP contribution in [0.15, 0.2) is 42.6 Å². The molecule has 9 heteroatoms. The number of ether oxygens (including phenoxy) is 2. The highest BCUT2D eigenvalue weighted by Crippen LogP contribution is 2.37. The molecule has 3 aliphatic heterocycles. The van der Waals surface area contributed by atoms with E-state index < -0.39 is 0 Å². The van der Waals surface area contributed by atoms with Crippen molar-refractivity contribution >= 4 is 11.8 Å². The number of nitrogens with zero attached hydrogens (tertiary/aromatic N) is 4. The molecule has 0 bridgehead atoms. The lowest BCUT2D eigenvalue weighted by atomic mass is 9.73. The monoisotopic (exact) mass is 535 g/mol. The SMILES string of the molecule is O=C(CN1CCC2(CCCCc3ccccc3OCCNC2=O)CC1)N1CCOCC(Cc2cccnn2)C1. The first-order valence-electron chi connectivity index (χ1n) is 14.4. The van der Waals surface area contributed by atoms with Gasteiger partial charge >= 0.3 is 0 Å². The quantitative estimate of drug-likeness (QED) is 0.643.